The van der Waals surface area contributed by atoms with Gasteiger partial charge in [0.2, 0.25) is 0 Å². The molecule has 2 unspecified atom stereocenters. The molecular weight excluding hydrogens is 345 g/mol. The van der Waals surface area contributed by atoms with E-state index in [0.29, 0.717) is 10.6 Å². The highest BCUT2D eigenvalue weighted by atomic mass is 35.5. The summed E-state index contributed by atoms with van der Waals surface area (Å²) < 4.78 is 4.94. The molecule has 2 rings (SSSR count). The van der Waals surface area contributed by atoms with Gasteiger partial charge >= 0.3 is 5.97 Å². The summed E-state index contributed by atoms with van der Waals surface area (Å²) >= 11 is 13.0. The predicted octanol–water partition coefficient (Wildman–Crippen LogP) is 5.04. The van der Waals surface area contributed by atoms with Crippen molar-refractivity contribution in [3.8, 4) is 6.07 Å². The lowest BCUT2D eigenvalue weighted by Gasteiger charge is -2.34. The fourth-order valence-corrected chi connectivity index (χ4v) is 3.77. The third-order valence-corrected chi connectivity index (χ3v) is 4.54. The van der Waals surface area contributed by atoms with E-state index in [4.69, 9.17) is 27.9 Å². The number of esters is 1. The molecule has 0 saturated heterocycles. The van der Waals surface area contributed by atoms with Crippen LogP contribution in [0.15, 0.2) is 58.1 Å². The number of hydrogen-bond acceptors (Lipinski definition) is 3. The molecular formula is C19H17Cl2NO2. The Bertz CT molecular complexity index is 783. The lowest BCUT2D eigenvalue weighted by atomic mass is 9.70. The largest absolute Gasteiger partial charge is 0.468 e. The molecule has 0 aliphatic heterocycles. The van der Waals surface area contributed by atoms with Gasteiger partial charge in [0.1, 0.15) is 11.3 Å². The van der Waals surface area contributed by atoms with E-state index in [1.165, 1.54) is 7.11 Å². The minimum atomic E-state index is -1.34. The second-order valence-electron chi connectivity index (χ2n) is 5.79. The molecule has 24 heavy (non-hydrogen) atoms. The standard InChI is InChI=1S/C19H17Cl2NO2/c1-12(2)9-19(18(23)24-3)10-15(20)16(17(21)14(19)11-22)13-7-5-4-6-8-13/h4-10,14H,1-3H3. The maximum atomic E-state index is 12.5. The molecule has 0 saturated carbocycles. The number of halogens is 2. The number of nitriles is 1. The lowest BCUT2D eigenvalue weighted by molar-refractivity contribution is -0.148. The van der Waals surface area contributed by atoms with E-state index in [1.54, 1.807) is 12.2 Å². The van der Waals surface area contributed by atoms with Gasteiger partial charge < -0.3 is 4.74 Å². The van der Waals surface area contributed by atoms with Crippen molar-refractivity contribution in [2.24, 2.45) is 11.3 Å². The fourth-order valence-electron chi connectivity index (χ4n) is 2.89. The number of methoxy groups -OCH3 is 1. The molecule has 0 radical (unpaired) electrons. The highest BCUT2D eigenvalue weighted by Gasteiger charge is 2.49. The average molecular weight is 362 g/mol. The van der Waals surface area contributed by atoms with Crippen molar-refractivity contribution in [1.82, 2.24) is 0 Å². The quantitative estimate of drug-likeness (QED) is 0.559. The van der Waals surface area contributed by atoms with Crippen LogP contribution in [0, 0.1) is 22.7 Å². The Morgan fingerprint density at radius 3 is 2.42 bits per heavy atom. The van der Waals surface area contributed by atoms with Gasteiger partial charge in [-0.25, -0.2) is 0 Å². The van der Waals surface area contributed by atoms with Crippen LogP contribution in [0.2, 0.25) is 0 Å². The van der Waals surface area contributed by atoms with Crippen molar-refractivity contribution >= 4 is 34.7 Å². The summed E-state index contributed by atoms with van der Waals surface area (Å²) in [5, 5.41) is 10.3. The van der Waals surface area contributed by atoms with Crippen molar-refractivity contribution in [2.75, 3.05) is 7.11 Å². The van der Waals surface area contributed by atoms with E-state index in [-0.39, 0.29) is 5.03 Å². The van der Waals surface area contributed by atoms with Gasteiger partial charge in [-0.05, 0) is 25.5 Å². The zero-order valence-electron chi connectivity index (χ0n) is 13.6. The molecule has 1 aromatic rings. The van der Waals surface area contributed by atoms with Crippen molar-refractivity contribution in [2.45, 2.75) is 13.8 Å². The lowest BCUT2D eigenvalue weighted by Crippen LogP contribution is -2.38. The topological polar surface area (TPSA) is 50.1 Å². The number of rotatable bonds is 3. The highest BCUT2D eigenvalue weighted by Crippen LogP contribution is 2.50. The van der Waals surface area contributed by atoms with E-state index in [0.717, 1.165) is 11.1 Å². The molecule has 5 heteroatoms. The monoisotopic (exact) mass is 361 g/mol. The van der Waals surface area contributed by atoms with Gasteiger partial charge in [-0.15, -0.1) is 0 Å². The summed E-state index contributed by atoms with van der Waals surface area (Å²) in [6.07, 6.45) is 3.24. The minimum absolute atomic E-state index is 0.235. The van der Waals surface area contributed by atoms with Gasteiger partial charge in [0, 0.05) is 15.6 Å². The van der Waals surface area contributed by atoms with Crippen LogP contribution < -0.4 is 0 Å². The Balaban J connectivity index is 2.74. The van der Waals surface area contributed by atoms with Crippen molar-refractivity contribution in [3.05, 3.63) is 63.7 Å². The number of nitrogens with zero attached hydrogens (tertiary/aromatic N) is 1. The molecule has 0 aromatic heterocycles. The first kappa shape index (κ1) is 18.3. The molecule has 0 spiro atoms. The molecule has 1 aliphatic rings. The molecule has 1 aromatic carbocycles. The first-order chi connectivity index (χ1) is 11.4. The molecule has 2 atom stereocenters. The van der Waals surface area contributed by atoms with Crippen LogP contribution in [-0.2, 0) is 9.53 Å². The second-order valence-corrected chi connectivity index (χ2v) is 6.60. The van der Waals surface area contributed by atoms with Crippen LogP contribution in [0.25, 0.3) is 5.57 Å². The first-order valence-electron chi connectivity index (χ1n) is 7.35. The van der Waals surface area contributed by atoms with E-state index in [9.17, 15) is 10.1 Å². The number of hydrogen-bond donors (Lipinski definition) is 0. The summed E-state index contributed by atoms with van der Waals surface area (Å²) in [6, 6.07) is 11.5. The zero-order valence-corrected chi connectivity index (χ0v) is 15.2. The SMILES string of the molecule is COC(=O)C1(C=C(C)C)C=C(Cl)C(c2ccccc2)=C(Cl)C1C#N. The van der Waals surface area contributed by atoms with Crippen molar-refractivity contribution in [1.29, 1.82) is 5.26 Å². The predicted molar refractivity (Wildman–Crippen MR) is 96.1 cm³/mol. The third kappa shape index (κ3) is 3.13. The summed E-state index contributed by atoms with van der Waals surface area (Å²) in [7, 11) is 1.28. The third-order valence-electron chi connectivity index (χ3n) is 3.83. The number of allylic oxidation sites excluding steroid dienone is 4. The van der Waals surface area contributed by atoms with Gasteiger partial charge in [-0.3, -0.25) is 4.79 Å². The number of benzene rings is 1. The molecule has 0 fully saturated rings. The van der Waals surface area contributed by atoms with E-state index < -0.39 is 17.3 Å². The van der Waals surface area contributed by atoms with Gasteiger partial charge in [-0.2, -0.15) is 5.26 Å². The molecule has 124 valence electrons. The molecule has 0 N–H and O–H groups in total. The second kappa shape index (κ2) is 7.25. The molecule has 0 bridgehead atoms. The van der Waals surface area contributed by atoms with Gasteiger partial charge in [-0.1, -0.05) is 65.2 Å². The summed E-state index contributed by atoms with van der Waals surface area (Å²) in [6.45, 7) is 3.68. The smallest absolute Gasteiger partial charge is 0.321 e. The van der Waals surface area contributed by atoms with Crippen LogP contribution in [0.4, 0.5) is 0 Å². The first-order valence-corrected chi connectivity index (χ1v) is 8.11. The Morgan fingerprint density at radius 2 is 1.92 bits per heavy atom. The average Bonchev–Trinajstić information content (AvgIpc) is 2.54. The Labute approximate surface area is 151 Å². The van der Waals surface area contributed by atoms with Gasteiger partial charge in [0.15, 0.2) is 0 Å². The Morgan fingerprint density at radius 1 is 1.29 bits per heavy atom. The Kier molecular flexibility index (Phi) is 5.54. The molecule has 3 nitrogen and oxygen atoms in total. The van der Waals surface area contributed by atoms with Crippen LogP contribution >= 0.6 is 23.2 Å². The maximum Gasteiger partial charge on any atom is 0.321 e. The molecule has 0 heterocycles. The fraction of sp³-hybridized carbons (Fsp3) is 0.263. The van der Waals surface area contributed by atoms with Crippen LogP contribution in [0.5, 0.6) is 0 Å². The summed E-state index contributed by atoms with van der Waals surface area (Å²) in [5.41, 5.74) is 0.871. The Hall–Kier alpha value is -2.02. The molecule has 1 aliphatic carbocycles. The van der Waals surface area contributed by atoms with Crippen molar-refractivity contribution in [3.63, 3.8) is 0 Å². The summed E-state index contributed by atoms with van der Waals surface area (Å²) in [4.78, 5) is 12.5. The van der Waals surface area contributed by atoms with E-state index in [2.05, 4.69) is 6.07 Å². The number of carbonyl (C=O) groups excluding carboxylic acids is 1. The van der Waals surface area contributed by atoms with E-state index >= 15 is 0 Å². The van der Waals surface area contributed by atoms with Gasteiger partial charge in [0.25, 0.3) is 0 Å². The normalized spacial score (nSPS) is 23.2. The van der Waals surface area contributed by atoms with Crippen LogP contribution in [0.1, 0.15) is 19.4 Å². The number of carbonyl (C=O) groups is 1. The van der Waals surface area contributed by atoms with Gasteiger partial charge in [0.05, 0.1) is 13.2 Å². The zero-order chi connectivity index (χ0) is 17.9. The van der Waals surface area contributed by atoms with Crippen LogP contribution in [-0.4, -0.2) is 13.1 Å². The minimum Gasteiger partial charge on any atom is -0.468 e. The highest BCUT2D eigenvalue weighted by molar-refractivity contribution is 6.43. The molecule has 0 amide bonds. The van der Waals surface area contributed by atoms with Crippen LogP contribution in [0.3, 0.4) is 0 Å². The summed E-state index contributed by atoms with van der Waals surface area (Å²) in [5.74, 6) is -1.49. The number of ether oxygens (including phenoxy) is 1. The van der Waals surface area contributed by atoms with Crippen molar-refractivity contribution < 1.29 is 9.53 Å². The maximum absolute atomic E-state index is 12.5. The van der Waals surface area contributed by atoms with E-state index in [1.807, 2.05) is 44.2 Å².